The Bertz CT molecular complexity index is 1140. The third kappa shape index (κ3) is 4.71. The number of rotatable bonds is 7. The fourth-order valence-electron chi connectivity index (χ4n) is 4.08. The predicted octanol–water partition coefficient (Wildman–Crippen LogP) is 3.07. The highest BCUT2D eigenvalue weighted by Gasteiger charge is 2.40. The van der Waals surface area contributed by atoms with Crippen LogP contribution in [0.2, 0.25) is 0 Å². The smallest absolute Gasteiger partial charge is 0.262 e. The average Bonchev–Trinajstić information content (AvgIpc) is 3.40. The van der Waals surface area contributed by atoms with Crippen LogP contribution in [0, 0.1) is 5.82 Å². The second-order valence-electron chi connectivity index (χ2n) is 8.02. The minimum atomic E-state index is -3.71. The van der Waals surface area contributed by atoms with Crippen molar-refractivity contribution in [3.05, 3.63) is 83.6 Å². The zero-order valence-corrected chi connectivity index (χ0v) is 18.5. The van der Waals surface area contributed by atoms with Crippen LogP contribution in [0.3, 0.4) is 0 Å². The molecule has 2 atom stereocenters. The van der Waals surface area contributed by atoms with Gasteiger partial charge in [-0.05, 0) is 35.2 Å². The molecule has 2 unspecified atom stereocenters. The van der Waals surface area contributed by atoms with Crippen LogP contribution < -0.4 is 5.32 Å². The summed E-state index contributed by atoms with van der Waals surface area (Å²) in [6, 6.07) is 14.6. The number of hydrogen-bond acceptors (Lipinski definition) is 4. The van der Waals surface area contributed by atoms with Gasteiger partial charge in [0.1, 0.15) is 5.82 Å². The van der Waals surface area contributed by atoms with Crippen LogP contribution in [0.25, 0.3) is 0 Å². The van der Waals surface area contributed by atoms with E-state index in [4.69, 9.17) is 0 Å². The van der Waals surface area contributed by atoms with E-state index >= 15 is 0 Å². The van der Waals surface area contributed by atoms with E-state index in [1.54, 1.807) is 23.7 Å². The number of aromatic nitrogens is 2. The van der Waals surface area contributed by atoms with Gasteiger partial charge in [0.15, 0.2) is 5.03 Å². The van der Waals surface area contributed by atoms with Crippen molar-refractivity contribution < 1.29 is 12.8 Å². The molecule has 1 aliphatic heterocycles. The summed E-state index contributed by atoms with van der Waals surface area (Å²) < 4.78 is 42.9. The van der Waals surface area contributed by atoms with Gasteiger partial charge in [0.25, 0.3) is 10.0 Å². The molecule has 4 rings (SSSR count). The lowest BCUT2D eigenvalue weighted by Crippen LogP contribution is -2.36. The van der Waals surface area contributed by atoms with E-state index in [1.807, 2.05) is 6.07 Å². The van der Waals surface area contributed by atoms with E-state index in [0.717, 1.165) is 17.5 Å². The SMILES string of the molecule is CCc1cccc(CNC2CN(S(=O)(=O)c3cn(C)cn3)CC2c2ccc(F)cc2)c1. The van der Waals surface area contributed by atoms with E-state index in [2.05, 4.69) is 35.4 Å². The summed E-state index contributed by atoms with van der Waals surface area (Å²) in [6.07, 6.45) is 3.96. The number of imidazole rings is 1. The number of halogens is 1. The largest absolute Gasteiger partial charge is 0.339 e. The summed E-state index contributed by atoms with van der Waals surface area (Å²) in [5.41, 5.74) is 3.34. The zero-order valence-electron chi connectivity index (χ0n) is 17.7. The van der Waals surface area contributed by atoms with Crippen molar-refractivity contribution >= 4 is 10.0 Å². The molecule has 0 amide bonds. The summed E-state index contributed by atoms with van der Waals surface area (Å²) in [7, 11) is -1.96. The van der Waals surface area contributed by atoms with Gasteiger partial charge in [-0.1, -0.05) is 43.3 Å². The Kier molecular flexibility index (Phi) is 6.22. The maximum Gasteiger partial charge on any atom is 0.262 e. The van der Waals surface area contributed by atoms with Crippen LogP contribution in [0.15, 0.2) is 66.1 Å². The van der Waals surface area contributed by atoms with Gasteiger partial charge in [-0.25, -0.2) is 17.8 Å². The van der Waals surface area contributed by atoms with E-state index in [1.165, 1.54) is 34.5 Å². The fraction of sp³-hybridized carbons (Fsp3) is 0.348. The molecule has 0 radical (unpaired) electrons. The van der Waals surface area contributed by atoms with Crippen LogP contribution in [-0.2, 0) is 30.0 Å². The molecular formula is C23H27FN4O2S. The van der Waals surface area contributed by atoms with Crippen LogP contribution >= 0.6 is 0 Å². The van der Waals surface area contributed by atoms with Crippen LogP contribution in [0.5, 0.6) is 0 Å². The second kappa shape index (κ2) is 8.90. The first-order valence-electron chi connectivity index (χ1n) is 10.4. The number of sulfonamides is 1. The lowest BCUT2D eigenvalue weighted by molar-refractivity contribution is 0.454. The molecule has 1 N–H and O–H groups in total. The summed E-state index contributed by atoms with van der Waals surface area (Å²) in [5, 5.41) is 3.59. The molecule has 2 aromatic carbocycles. The average molecular weight is 443 g/mol. The lowest BCUT2D eigenvalue weighted by Gasteiger charge is -2.20. The van der Waals surface area contributed by atoms with Crippen LogP contribution in [-0.4, -0.2) is 41.4 Å². The highest BCUT2D eigenvalue weighted by atomic mass is 32.2. The third-order valence-corrected chi connectivity index (χ3v) is 7.56. The molecule has 1 aromatic heterocycles. The second-order valence-corrected chi connectivity index (χ2v) is 9.90. The maximum atomic E-state index is 13.5. The molecule has 1 fully saturated rings. The van der Waals surface area contributed by atoms with Crippen molar-refractivity contribution in [2.75, 3.05) is 13.1 Å². The first kappa shape index (κ1) is 21.7. The Hall–Kier alpha value is -2.55. The quantitative estimate of drug-likeness (QED) is 0.611. The van der Waals surface area contributed by atoms with Crippen molar-refractivity contribution in [2.45, 2.75) is 36.9 Å². The molecule has 8 heteroatoms. The molecular weight excluding hydrogens is 415 g/mol. The highest BCUT2D eigenvalue weighted by molar-refractivity contribution is 7.89. The van der Waals surface area contributed by atoms with Gasteiger partial charge >= 0.3 is 0 Å². The Morgan fingerprint density at radius 1 is 1.13 bits per heavy atom. The van der Waals surface area contributed by atoms with Crippen molar-refractivity contribution in [3.8, 4) is 0 Å². The number of nitrogens with one attached hydrogen (secondary N) is 1. The van der Waals surface area contributed by atoms with Gasteiger partial charge in [-0.2, -0.15) is 4.31 Å². The van der Waals surface area contributed by atoms with Crippen LogP contribution in [0.4, 0.5) is 4.39 Å². The van der Waals surface area contributed by atoms with Gasteiger partial charge in [0.2, 0.25) is 0 Å². The molecule has 0 saturated carbocycles. The van der Waals surface area contributed by atoms with Gasteiger partial charge in [0.05, 0.1) is 6.33 Å². The topological polar surface area (TPSA) is 67.2 Å². The van der Waals surface area contributed by atoms with Crippen molar-refractivity contribution in [1.29, 1.82) is 0 Å². The number of nitrogens with zero attached hydrogens (tertiary/aromatic N) is 3. The van der Waals surface area contributed by atoms with Crippen LogP contribution in [0.1, 0.15) is 29.5 Å². The standard InChI is InChI=1S/C23H27FN4O2S/c1-3-17-5-4-6-18(11-17)12-25-22-14-28(31(29,30)23-15-27(2)16-26-23)13-21(22)19-7-9-20(24)10-8-19/h4-11,15-16,21-22,25H,3,12-14H2,1-2H3. The Morgan fingerprint density at radius 3 is 2.55 bits per heavy atom. The number of hydrogen-bond donors (Lipinski definition) is 1. The Labute approximate surface area is 182 Å². The Balaban J connectivity index is 1.58. The van der Waals surface area contributed by atoms with E-state index in [-0.39, 0.29) is 22.8 Å². The molecule has 0 aliphatic carbocycles. The highest BCUT2D eigenvalue weighted by Crippen LogP contribution is 2.31. The minimum Gasteiger partial charge on any atom is -0.339 e. The molecule has 1 aliphatic rings. The molecule has 3 aromatic rings. The van der Waals surface area contributed by atoms with Gasteiger partial charge < -0.3 is 9.88 Å². The normalized spacial score (nSPS) is 19.7. The van der Waals surface area contributed by atoms with Crippen molar-refractivity contribution in [2.24, 2.45) is 7.05 Å². The third-order valence-electron chi connectivity index (χ3n) is 5.84. The molecule has 31 heavy (non-hydrogen) atoms. The first-order valence-corrected chi connectivity index (χ1v) is 11.9. The Morgan fingerprint density at radius 2 is 1.87 bits per heavy atom. The molecule has 164 valence electrons. The van der Waals surface area contributed by atoms with E-state index in [9.17, 15) is 12.8 Å². The lowest BCUT2D eigenvalue weighted by atomic mass is 9.94. The number of aryl methyl sites for hydroxylation is 2. The molecule has 0 bridgehead atoms. The summed E-state index contributed by atoms with van der Waals surface area (Å²) in [4.78, 5) is 4.04. The molecule has 2 heterocycles. The molecule has 6 nitrogen and oxygen atoms in total. The fourth-order valence-corrected chi connectivity index (χ4v) is 5.54. The van der Waals surface area contributed by atoms with Gasteiger partial charge in [-0.3, -0.25) is 0 Å². The monoisotopic (exact) mass is 442 g/mol. The van der Waals surface area contributed by atoms with Crippen molar-refractivity contribution in [3.63, 3.8) is 0 Å². The van der Waals surface area contributed by atoms with Crippen molar-refractivity contribution in [1.82, 2.24) is 19.2 Å². The predicted molar refractivity (Wildman–Crippen MR) is 118 cm³/mol. The summed E-state index contributed by atoms with van der Waals surface area (Å²) in [6.45, 7) is 3.40. The zero-order chi connectivity index (χ0) is 22.0. The number of benzene rings is 2. The minimum absolute atomic E-state index is 0.0455. The van der Waals surface area contributed by atoms with E-state index < -0.39 is 10.0 Å². The summed E-state index contributed by atoms with van der Waals surface area (Å²) >= 11 is 0. The molecule has 1 saturated heterocycles. The molecule has 0 spiro atoms. The first-order chi connectivity index (χ1) is 14.9. The van der Waals surface area contributed by atoms with Gasteiger partial charge in [0, 0.05) is 44.8 Å². The van der Waals surface area contributed by atoms with Gasteiger partial charge in [-0.15, -0.1) is 0 Å². The van der Waals surface area contributed by atoms with E-state index in [0.29, 0.717) is 19.6 Å². The summed E-state index contributed by atoms with van der Waals surface area (Å²) in [5.74, 6) is -0.394. The maximum absolute atomic E-state index is 13.5.